The zero-order valence-electron chi connectivity index (χ0n) is 14.7. The van der Waals surface area contributed by atoms with Gasteiger partial charge < -0.3 is 14.6 Å². The molecule has 0 aliphatic rings. The third kappa shape index (κ3) is 8.24. The predicted molar refractivity (Wildman–Crippen MR) is 89.4 cm³/mol. The van der Waals surface area contributed by atoms with Gasteiger partial charge in [-0.2, -0.15) is 0 Å². The number of hydrogen-bond acceptors (Lipinski definition) is 4. The standard InChI is InChI=1S/C17H33N3O/c1-7-8-20(10-9-19(5)6)13-16-11-15(14-21-16)12-18-17(2,3)4/h11,14,18H,7-10,12-13H2,1-6H3. The van der Waals surface area contributed by atoms with Gasteiger partial charge in [-0.1, -0.05) is 6.92 Å². The summed E-state index contributed by atoms with van der Waals surface area (Å²) in [6.45, 7) is 13.8. The number of hydrogen-bond donors (Lipinski definition) is 1. The highest BCUT2D eigenvalue weighted by Gasteiger charge is 2.12. The molecule has 122 valence electrons. The second kappa shape index (κ2) is 8.57. The van der Waals surface area contributed by atoms with Crippen LogP contribution < -0.4 is 5.32 Å². The van der Waals surface area contributed by atoms with E-state index in [-0.39, 0.29) is 5.54 Å². The molecule has 0 aliphatic carbocycles. The van der Waals surface area contributed by atoms with E-state index < -0.39 is 0 Å². The minimum absolute atomic E-state index is 0.136. The van der Waals surface area contributed by atoms with Crippen molar-refractivity contribution in [1.29, 1.82) is 0 Å². The molecule has 0 atom stereocenters. The summed E-state index contributed by atoms with van der Waals surface area (Å²) in [5.41, 5.74) is 1.36. The van der Waals surface area contributed by atoms with Crippen molar-refractivity contribution in [2.75, 3.05) is 33.7 Å². The quantitative estimate of drug-likeness (QED) is 0.759. The molecule has 4 heteroatoms. The van der Waals surface area contributed by atoms with Crippen LogP contribution in [0.25, 0.3) is 0 Å². The van der Waals surface area contributed by atoms with Crippen molar-refractivity contribution in [2.24, 2.45) is 0 Å². The van der Waals surface area contributed by atoms with Crippen LogP contribution in [0.5, 0.6) is 0 Å². The summed E-state index contributed by atoms with van der Waals surface area (Å²) >= 11 is 0. The van der Waals surface area contributed by atoms with Crippen LogP contribution in [-0.2, 0) is 13.1 Å². The first-order valence-corrected chi connectivity index (χ1v) is 7.98. The Morgan fingerprint density at radius 2 is 1.86 bits per heavy atom. The van der Waals surface area contributed by atoms with Crippen LogP contribution in [0.2, 0.25) is 0 Å². The van der Waals surface area contributed by atoms with Gasteiger partial charge in [-0.15, -0.1) is 0 Å². The highest BCUT2D eigenvalue weighted by molar-refractivity contribution is 5.13. The van der Waals surface area contributed by atoms with E-state index in [0.717, 1.165) is 38.5 Å². The highest BCUT2D eigenvalue weighted by Crippen LogP contribution is 2.12. The first-order chi connectivity index (χ1) is 9.80. The van der Waals surface area contributed by atoms with Crippen molar-refractivity contribution in [3.63, 3.8) is 0 Å². The predicted octanol–water partition coefficient (Wildman–Crippen LogP) is 2.94. The van der Waals surface area contributed by atoms with Gasteiger partial charge in [0.1, 0.15) is 5.76 Å². The van der Waals surface area contributed by atoms with Gasteiger partial charge in [0.05, 0.1) is 12.8 Å². The van der Waals surface area contributed by atoms with Crippen LogP contribution in [0.3, 0.4) is 0 Å². The molecule has 1 heterocycles. The Balaban J connectivity index is 2.49. The van der Waals surface area contributed by atoms with Gasteiger partial charge in [0.25, 0.3) is 0 Å². The molecule has 21 heavy (non-hydrogen) atoms. The fourth-order valence-electron chi connectivity index (χ4n) is 2.12. The molecule has 1 N–H and O–H groups in total. The Morgan fingerprint density at radius 3 is 2.43 bits per heavy atom. The summed E-state index contributed by atoms with van der Waals surface area (Å²) in [6.07, 6.45) is 3.05. The first kappa shape index (κ1) is 18.2. The maximum atomic E-state index is 5.72. The first-order valence-electron chi connectivity index (χ1n) is 7.98. The Labute approximate surface area is 130 Å². The van der Waals surface area contributed by atoms with Crippen molar-refractivity contribution in [3.05, 3.63) is 23.7 Å². The summed E-state index contributed by atoms with van der Waals surface area (Å²) in [7, 11) is 4.24. The van der Waals surface area contributed by atoms with Gasteiger partial charge in [0.2, 0.25) is 0 Å². The normalized spacial score (nSPS) is 12.6. The molecule has 0 fully saturated rings. The SMILES string of the molecule is CCCN(CCN(C)C)Cc1cc(CNC(C)(C)C)co1. The van der Waals surface area contributed by atoms with E-state index in [9.17, 15) is 0 Å². The average molecular weight is 295 g/mol. The van der Waals surface area contributed by atoms with Gasteiger partial charge in [-0.3, -0.25) is 4.90 Å². The van der Waals surface area contributed by atoms with E-state index in [0.29, 0.717) is 0 Å². The second-order valence-electron chi connectivity index (χ2n) is 7.10. The molecule has 1 aromatic heterocycles. The Hall–Kier alpha value is -0.840. The molecular formula is C17H33N3O. The van der Waals surface area contributed by atoms with Gasteiger partial charge in [0.15, 0.2) is 0 Å². The summed E-state index contributed by atoms with van der Waals surface area (Å²) in [5.74, 6) is 1.06. The monoisotopic (exact) mass is 295 g/mol. The topological polar surface area (TPSA) is 31.6 Å². The van der Waals surface area contributed by atoms with Crippen molar-refractivity contribution in [1.82, 2.24) is 15.1 Å². The van der Waals surface area contributed by atoms with E-state index >= 15 is 0 Å². The molecule has 1 rings (SSSR count). The van der Waals surface area contributed by atoms with Crippen LogP contribution in [0.4, 0.5) is 0 Å². The number of nitrogens with one attached hydrogen (secondary N) is 1. The van der Waals surface area contributed by atoms with Crippen molar-refractivity contribution in [2.45, 2.75) is 52.7 Å². The van der Waals surface area contributed by atoms with Crippen LogP contribution in [0, 0.1) is 0 Å². The van der Waals surface area contributed by atoms with Crippen molar-refractivity contribution >= 4 is 0 Å². The fraction of sp³-hybridized carbons (Fsp3) is 0.765. The zero-order chi connectivity index (χ0) is 15.9. The van der Waals surface area contributed by atoms with E-state index in [1.807, 2.05) is 6.26 Å². The lowest BCUT2D eigenvalue weighted by molar-refractivity contribution is 0.218. The van der Waals surface area contributed by atoms with E-state index in [1.165, 1.54) is 12.0 Å². The third-order valence-corrected chi connectivity index (χ3v) is 3.31. The fourth-order valence-corrected chi connectivity index (χ4v) is 2.12. The molecule has 0 saturated heterocycles. The Kier molecular flexibility index (Phi) is 7.43. The molecular weight excluding hydrogens is 262 g/mol. The molecule has 0 aromatic carbocycles. The second-order valence-corrected chi connectivity index (χ2v) is 7.10. The molecule has 0 bridgehead atoms. The van der Waals surface area contributed by atoms with E-state index in [4.69, 9.17) is 4.42 Å². The van der Waals surface area contributed by atoms with Crippen LogP contribution >= 0.6 is 0 Å². The van der Waals surface area contributed by atoms with Crippen LogP contribution in [0.1, 0.15) is 45.4 Å². The zero-order valence-corrected chi connectivity index (χ0v) is 14.7. The lowest BCUT2D eigenvalue weighted by Gasteiger charge is -2.22. The van der Waals surface area contributed by atoms with E-state index in [1.54, 1.807) is 0 Å². The number of nitrogens with zero attached hydrogens (tertiary/aromatic N) is 2. The summed E-state index contributed by atoms with van der Waals surface area (Å²) in [6, 6.07) is 2.18. The van der Waals surface area contributed by atoms with Gasteiger partial charge in [0, 0.05) is 30.7 Å². The molecule has 4 nitrogen and oxygen atoms in total. The summed E-state index contributed by atoms with van der Waals surface area (Å²) < 4.78 is 5.72. The molecule has 0 amide bonds. The average Bonchev–Trinajstić information content (AvgIpc) is 2.81. The Morgan fingerprint density at radius 1 is 1.14 bits per heavy atom. The maximum absolute atomic E-state index is 5.72. The number of furan rings is 1. The minimum atomic E-state index is 0.136. The van der Waals surface area contributed by atoms with Crippen LogP contribution in [0.15, 0.2) is 16.7 Å². The highest BCUT2D eigenvalue weighted by atomic mass is 16.3. The number of rotatable bonds is 9. The van der Waals surface area contributed by atoms with E-state index in [2.05, 4.69) is 63.0 Å². The smallest absolute Gasteiger partial charge is 0.118 e. The summed E-state index contributed by atoms with van der Waals surface area (Å²) in [4.78, 5) is 4.68. The third-order valence-electron chi connectivity index (χ3n) is 3.31. The number of likely N-dealkylation sites (N-methyl/N-ethyl adjacent to an activating group) is 1. The summed E-state index contributed by atoms with van der Waals surface area (Å²) in [5, 5.41) is 3.49. The Bertz CT molecular complexity index is 393. The lowest BCUT2D eigenvalue weighted by Crippen LogP contribution is -2.34. The molecule has 0 spiro atoms. The molecule has 0 aliphatic heterocycles. The lowest BCUT2D eigenvalue weighted by atomic mass is 10.1. The maximum Gasteiger partial charge on any atom is 0.118 e. The molecule has 0 saturated carbocycles. The van der Waals surface area contributed by atoms with Crippen molar-refractivity contribution < 1.29 is 4.42 Å². The van der Waals surface area contributed by atoms with Gasteiger partial charge >= 0.3 is 0 Å². The molecule has 0 radical (unpaired) electrons. The van der Waals surface area contributed by atoms with Crippen molar-refractivity contribution in [3.8, 4) is 0 Å². The minimum Gasteiger partial charge on any atom is -0.468 e. The largest absolute Gasteiger partial charge is 0.468 e. The van der Waals surface area contributed by atoms with Crippen LogP contribution in [-0.4, -0.2) is 49.1 Å². The van der Waals surface area contributed by atoms with Gasteiger partial charge in [-0.05, 0) is 53.9 Å². The van der Waals surface area contributed by atoms with Gasteiger partial charge in [-0.25, -0.2) is 0 Å². The molecule has 1 aromatic rings. The molecule has 0 unspecified atom stereocenters.